The van der Waals surface area contributed by atoms with E-state index in [2.05, 4.69) is 10.3 Å². The Morgan fingerprint density at radius 3 is 2.52 bits per heavy atom. The highest BCUT2D eigenvalue weighted by Crippen LogP contribution is 2.32. The summed E-state index contributed by atoms with van der Waals surface area (Å²) in [5, 5.41) is 2.34. The fraction of sp³-hybridized carbons (Fsp3) is 0.211. The Kier molecular flexibility index (Phi) is 5.27. The summed E-state index contributed by atoms with van der Waals surface area (Å²) in [4.78, 5) is 38.3. The zero-order valence-corrected chi connectivity index (χ0v) is 15.1. The summed E-state index contributed by atoms with van der Waals surface area (Å²) in [6.45, 7) is 1.45. The van der Waals surface area contributed by atoms with E-state index in [4.69, 9.17) is 0 Å². The van der Waals surface area contributed by atoms with Crippen molar-refractivity contribution in [2.75, 3.05) is 0 Å². The lowest BCUT2D eigenvalue weighted by Gasteiger charge is -2.14. The molecule has 29 heavy (non-hydrogen) atoms. The highest BCUT2D eigenvalue weighted by Gasteiger charge is 2.33. The van der Waals surface area contributed by atoms with Crippen molar-refractivity contribution in [3.63, 3.8) is 0 Å². The number of rotatable bonds is 4. The van der Waals surface area contributed by atoms with Gasteiger partial charge in [0.1, 0.15) is 5.82 Å². The summed E-state index contributed by atoms with van der Waals surface area (Å²) < 4.78 is 53.6. The van der Waals surface area contributed by atoms with Crippen molar-refractivity contribution in [1.29, 1.82) is 0 Å². The second-order valence-electron chi connectivity index (χ2n) is 6.22. The number of carbonyl (C=O) groups is 1. The van der Waals surface area contributed by atoms with Crippen molar-refractivity contribution in [2.24, 2.45) is 0 Å². The molecule has 0 aliphatic rings. The molecule has 1 aromatic heterocycles. The first-order valence-corrected chi connectivity index (χ1v) is 8.52. The van der Waals surface area contributed by atoms with Crippen LogP contribution in [0.3, 0.4) is 0 Å². The van der Waals surface area contributed by atoms with Gasteiger partial charge in [-0.05, 0) is 42.8 Å². The summed E-state index contributed by atoms with van der Waals surface area (Å²) in [5.41, 5.74) is -2.32. The average molecular weight is 409 g/mol. The topological polar surface area (TPSA) is 84.0 Å². The molecule has 0 bridgehead atoms. The third-order valence-corrected chi connectivity index (χ3v) is 4.37. The zero-order chi connectivity index (χ0) is 21.3. The predicted octanol–water partition coefficient (Wildman–Crippen LogP) is 2.80. The van der Waals surface area contributed by atoms with Gasteiger partial charge in [0.25, 0.3) is 5.91 Å². The molecule has 0 saturated heterocycles. The van der Waals surface area contributed by atoms with E-state index in [1.165, 1.54) is 22.8 Å². The molecule has 3 aromatic rings. The van der Waals surface area contributed by atoms with Gasteiger partial charge in [-0.15, -0.1) is 0 Å². The molecule has 0 fully saturated rings. The summed E-state index contributed by atoms with van der Waals surface area (Å²) in [6.07, 6.45) is -4.77. The van der Waals surface area contributed by atoms with E-state index in [9.17, 15) is 31.9 Å². The zero-order valence-electron chi connectivity index (χ0n) is 15.1. The number of halogens is 4. The van der Waals surface area contributed by atoms with Crippen molar-refractivity contribution >= 4 is 16.9 Å². The Balaban J connectivity index is 1.89. The number of amides is 1. The lowest BCUT2D eigenvalue weighted by Crippen LogP contribution is -2.36. The Morgan fingerprint density at radius 2 is 1.86 bits per heavy atom. The average Bonchev–Trinajstić information content (AvgIpc) is 2.66. The number of hydrogen-bond acceptors (Lipinski definition) is 3. The van der Waals surface area contributed by atoms with Gasteiger partial charge in [0.05, 0.1) is 16.6 Å². The largest absolute Gasteiger partial charge is 0.416 e. The Morgan fingerprint density at radius 1 is 1.14 bits per heavy atom. The first kappa shape index (κ1) is 20.3. The van der Waals surface area contributed by atoms with Gasteiger partial charge >= 0.3 is 17.3 Å². The van der Waals surface area contributed by atoms with Crippen LogP contribution in [0.1, 0.15) is 28.4 Å². The summed E-state index contributed by atoms with van der Waals surface area (Å²) in [7, 11) is 0. The maximum atomic E-state index is 13.2. The molecule has 0 atom stereocenters. The van der Waals surface area contributed by atoms with Gasteiger partial charge in [0, 0.05) is 18.7 Å². The van der Waals surface area contributed by atoms with Crippen LogP contribution in [0.25, 0.3) is 11.0 Å². The van der Waals surface area contributed by atoms with Crippen LogP contribution in [-0.2, 0) is 19.3 Å². The molecule has 0 aliphatic heterocycles. The smallest absolute Gasteiger partial charge is 0.348 e. The van der Waals surface area contributed by atoms with Gasteiger partial charge in [-0.25, -0.2) is 4.39 Å². The number of aryl methyl sites for hydroxylation is 1. The molecule has 2 aromatic carbocycles. The molecule has 0 radical (unpaired) electrons. The number of nitrogens with one attached hydrogen (secondary N) is 2. The Bertz CT molecular complexity index is 1210. The van der Waals surface area contributed by atoms with Gasteiger partial charge in [0.15, 0.2) is 0 Å². The summed E-state index contributed by atoms with van der Waals surface area (Å²) >= 11 is 0. The minimum absolute atomic E-state index is 0.0742. The molecule has 0 spiro atoms. The molecule has 6 nitrogen and oxygen atoms in total. The number of aromatic amines is 1. The molecule has 0 unspecified atom stereocenters. The van der Waals surface area contributed by atoms with Crippen LogP contribution >= 0.6 is 0 Å². The normalized spacial score (nSPS) is 11.6. The summed E-state index contributed by atoms with van der Waals surface area (Å²) in [5.74, 6) is -1.73. The number of H-pyrrole nitrogens is 1. The van der Waals surface area contributed by atoms with Crippen LogP contribution in [0, 0.1) is 5.82 Å². The van der Waals surface area contributed by atoms with Gasteiger partial charge in [-0.3, -0.25) is 14.4 Å². The van der Waals surface area contributed by atoms with Crippen molar-refractivity contribution in [3.8, 4) is 0 Å². The van der Waals surface area contributed by atoms with E-state index in [1.807, 2.05) is 0 Å². The molecule has 1 heterocycles. The molecule has 3 rings (SSSR count). The van der Waals surface area contributed by atoms with E-state index in [0.29, 0.717) is 11.6 Å². The third kappa shape index (κ3) is 4.05. The van der Waals surface area contributed by atoms with Crippen LogP contribution in [0.4, 0.5) is 17.6 Å². The second kappa shape index (κ2) is 7.53. The van der Waals surface area contributed by atoms with E-state index in [1.54, 1.807) is 6.92 Å². The molecule has 2 N–H and O–H groups in total. The number of aromatic nitrogens is 2. The van der Waals surface area contributed by atoms with E-state index in [-0.39, 0.29) is 23.2 Å². The monoisotopic (exact) mass is 409 g/mol. The third-order valence-electron chi connectivity index (χ3n) is 4.37. The molecule has 0 saturated carbocycles. The SMILES string of the molecule is CCn1c(=O)c(=O)[nH]c2cc(C(=O)NCc3ccc(F)cc3C(F)(F)F)ccc21. The van der Waals surface area contributed by atoms with E-state index in [0.717, 1.165) is 12.1 Å². The quantitative estimate of drug-likeness (QED) is 0.514. The molecular formula is C19H15F4N3O3. The van der Waals surface area contributed by atoms with Gasteiger partial charge < -0.3 is 14.9 Å². The minimum Gasteiger partial charge on any atom is -0.348 e. The van der Waals surface area contributed by atoms with Gasteiger partial charge in [0.2, 0.25) is 0 Å². The molecule has 1 amide bonds. The standard InChI is InChI=1S/C19H15F4N3O3/c1-2-26-15-6-4-10(7-14(15)25-17(28)18(26)29)16(27)24-9-11-3-5-12(20)8-13(11)19(21,22)23/h3-8H,2,9H2,1H3,(H,24,27)(H,25,28). The van der Waals surface area contributed by atoms with Crippen LogP contribution in [0.5, 0.6) is 0 Å². The number of nitrogens with zero attached hydrogens (tertiary/aromatic N) is 1. The van der Waals surface area contributed by atoms with Gasteiger partial charge in [-0.2, -0.15) is 13.2 Å². The number of fused-ring (bicyclic) bond motifs is 1. The number of benzene rings is 2. The van der Waals surface area contributed by atoms with E-state index < -0.39 is 41.1 Å². The lowest BCUT2D eigenvalue weighted by molar-refractivity contribution is -0.138. The number of hydrogen-bond donors (Lipinski definition) is 2. The molecule has 10 heteroatoms. The number of alkyl halides is 3. The maximum Gasteiger partial charge on any atom is 0.416 e. The maximum absolute atomic E-state index is 13.2. The highest BCUT2D eigenvalue weighted by atomic mass is 19.4. The Labute approximate surface area is 160 Å². The van der Waals surface area contributed by atoms with Crippen LogP contribution in [0.15, 0.2) is 46.0 Å². The van der Waals surface area contributed by atoms with Gasteiger partial charge in [-0.1, -0.05) is 6.07 Å². The van der Waals surface area contributed by atoms with E-state index >= 15 is 0 Å². The van der Waals surface area contributed by atoms with Crippen molar-refractivity contribution in [2.45, 2.75) is 26.2 Å². The Hall–Kier alpha value is -3.43. The fourth-order valence-electron chi connectivity index (χ4n) is 2.98. The van der Waals surface area contributed by atoms with Crippen molar-refractivity contribution in [3.05, 3.63) is 79.6 Å². The predicted molar refractivity (Wildman–Crippen MR) is 97.1 cm³/mol. The first-order chi connectivity index (χ1) is 13.6. The summed E-state index contributed by atoms with van der Waals surface area (Å²) in [6, 6.07) is 6.37. The fourth-order valence-corrected chi connectivity index (χ4v) is 2.98. The molecule has 152 valence electrons. The minimum atomic E-state index is -4.77. The molecular weight excluding hydrogens is 394 g/mol. The van der Waals surface area contributed by atoms with Crippen LogP contribution in [0.2, 0.25) is 0 Å². The highest BCUT2D eigenvalue weighted by molar-refractivity contribution is 5.97. The van der Waals surface area contributed by atoms with Crippen LogP contribution in [-0.4, -0.2) is 15.5 Å². The molecule has 0 aliphatic carbocycles. The first-order valence-electron chi connectivity index (χ1n) is 8.52. The lowest BCUT2D eigenvalue weighted by atomic mass is 10.1. The second-order valence-corrected chi connectivity index (χ2v) is 6.22. The van der Waals surface area contributed by atoms with Crippen molar-refractivity contribution < 1.29 is 22.4 Å². The van der Waals surface area contributed by atoms with Crippen LogP contribution < -0.4 is 16.4 Å². The van der Waals surface area contributed by atoms with Crippen molar-refractivity contribution in [1.82, 2.24) is 14.9 Å². The number of carbonyl (C=O) groups excluding carboxylic acids is 1.